The lowest BCUT2D eigenvalue weighted by atomic mass is 9.93. The second-order valence-corrected chi connectivity index (χ2v) is 7.71. The van der Waals surface area contributed by atoms with Crippen molar-refractivity contribution >= 4 is 0 Å². The summed E-state index contributed by atoms with van der Waals surface area (Å²) in [6.45, 7) is 6.64. The van der Waals surface area contributed by atoms with Crippen LogP contribution in [0.15, 0.2) is 24.3 Å². The third-order valence-corrected chi connectivity index (χ3v) is 6.47. The fourth-order valence-electron chi connectivity index (χ4n) is 5.25. The molecule has 0 spiro atoms. The summed E-state index contributed by atoms with van der Waals surface area (Å²) < 4.78 is 5.24. The third-order valence-electron chi connectivity index (χ3n) is 6.47. The van der Waals surface area contributed by atoms with Gasteiger partial charge in [0.25, 0.3) is 0 Å². The number of nitrogens with one attached hydrogen (secondary N) is 2. The topological polar surface area (TPSA) is 18.1 Å². The third kappa shape index (κ3) is 2.89. The van der Waals surface area contributed by atoms with E-state index in [1.54, 1.807) is 18.4 Å². The molecule has 3 atom stereocenters. The molecule has 0 amide bonds. The first-order chi connectivity index (χ1) is 10.8. The molecule has 0 aromatic heterocycles. The minimum Gasteiger partial charge on any atom is -0.497 e. The highest BCUT2D eigenvalue weighted by Crippen LogP contribution is 2.43. The van der Waals surface area contributed by atoms with Gasteiger partial charge in [0.2, 0.25) is 0 Å². The van der Waals surface area contributed by atoms with E-state index in [9.17, 15) is 0 Å². The van der Waals surface area contributed by atoms with Crippen LogP contribution in [0.5, 0.6) is 5.75 Å². The minimum atomic E-state index is 0.962. The first-order valence-electron chi connectivity index (χ1n) is 9.13. The number of rotatable bonds is 4. The molecule has 4 rings (SSSR count). The average Bonchev–Trinajstić information content (AvgIpc) is 3.19. The highest BCUT2D eigenvalue weighted by atomic mass is 16.5. The quantitative estimate of drug-likeness (QED) is 0.811. The van der Waals surface area contributed by atoms with Crippen LogP contribution < -0.4 is 14.5 Å². The molecule has 1 aromatic rings. The van der Waals surface area contributed by atoms with Crippen molar-refractivity contribution in [3.8, 4) is 5.75 Å². The molecule has 22 heavy (non-hydrogen) atoms. The summed E-state index contributed by atoms with van der Waals surface area (Å²) in [5, 5.41) is 0. The molecule has 3 fully saturated rings. The molecule has 3 aliphatic rings. The van der Waals surface area contributed by atoms with Crippen molar-refractivity contribution in [2.45, 2.75) is 38.3 Å². The molecule has 3 heteroatoms. The minimum absolute atomic E-state index is 0.962. The second kappa shape index (κ2) is 6.21. The van der Waals surface area contributed by atoms with Gasteiger partial charge in [-0.25, -0.2) is 0 Å². The Morgan fingerprint density at radius 1 is 1.00 bits per heavy atom. The Morgan fingerprint density at radius 3 is 2.36 bits per heavy atom. The Hall–Kier alpha value is -1.06. The van der Waals surface area contributed by atoms with Gasteiger partial charge in [0.05, 0.1) is 13.2 Å². The number of methoxy groups -OCH3 is 1. The Morgan fingerprint density at radius 2 is 1.77 bits per heavy atom. The van der Waals surface area contributed by atoms with Gasteiger partial charge in [-0.2, -0.15) is 0 Å². The van der Waals surface area contributed by atoms with Gasteiger partial charge in [-0.15, -0.1) is 0 Å². The van der Waals surface area contributed by atoms with Crippen molar-refractivity contribution in [3.63, 3.8) is 0 Å². The van der Waals surface area contributed by atoms with Crippen LogP contribution in [0.1, 0.15) is 31.2 Å². The van der Waals surface area contributed by atoms with E-state index in [0.29, 0.717) is 0 Å². The van der Waals surface area contributed by atoms with Gasteiger partial charge < -0.3 is 14.5 Å². The monoisotopic (exact) mass is 302 g/mol. The molecule has 1 aromatic carbocycles. The number of hydrogen-bond donors (Lipinski definition) is 2. The molecule has 1 saturated heterocycles. The van der Waals surface area contributed by atoms with Gasteiger partial charge in [-0.1, -0.05) is 0 Å². The van der Waals surface area contributed by atoms with Gasteiger partial charge in [0.1, 0.15) is 38.5 Å². The van der Waals surface area contributed by atoms with Crippen molar-refractivity contribution in [2.75, 3.05) is 33.3 Å². The van der Waals surface area contributed by atoms with E-state index >= 15 is 0 Å². The van der Waals surface area contributed by atoms with Gasteiger partial charge in [0.15, 0.2) is 0 Å². The van der Waals surface area contributed by atoms with Gasteiger partial charge in [0, 0.05) is 17.9 Å². The van der Waals surface area contributed by atoms with E-state index in [0.717, 1.165) is 23.6 Å². The molecule has 1 aliphatic heterocycles. The van der Waals surface area contributed by atoms with Crippen molar-refractivity contribution < 1.29 is 14.5 Å². The molecule has 2 aliphatic carbocycles. The lowest BCUT2D eigenvalue weighted by Gasteiger charge is -2.36. The van der Waals surface area contributed by atoms with E-state index in [-0.39, 0.29) is 0 Å². The maximum atomic E-state index is 5.24. The van der Waals surface area contributed by atoms with Crippen LogP contribution >= 0.6 is 0 Å². The first kappa shape index (κ1) is 14.5. The molecule has 0 unspecified atom stereocenters. The van der Waals surface area contributed by atoms with Crippen LogP contribution in [0.3, 0.4) is 0 Å². The van der Waals surface area contributed by atoms with E-state index in [2.05, 4.69) is 24.3 Å². The molecular weight excluding hydrogens is 272 g/mol. The Kier molecular flexibility index (Phi) is 4.10. The van der Waals surface area contributed by atoms with Crippen LogP contribution in [0.2, 0.25) is 0 Å². The summed E-state index contributed by atoms with van der Waals surface area (Å²) in [6, 6.07) is 9.64. The van der Waals surface area contributed by atoms with Gasteiger partial charge in [-0.05, 0) is 49.4 Å². The molecule has 2 bridgehead atoms. The zero-order valence-electron chi connectivity index (χ0n) is 13.8. The first-order valence-corrected chi connectivity index (χ1v) is 9.13. The summed E-state index contributed by atoms with van der Waals surface area (Å²) >= 11 is 0. The van der Waals surface area contributed by atoms with Crippen molar-refractivity contribution in [1.29, 1.82) is 0 Å². The summed E-state index contributed by atoms with van der Waals surface area (Å²) in [5.41, 5.74) is 1.44. The zero-order chi connectivity index (χ0) is 14.9. The largest absolute Gasteiger partial charge is 0.497 e. The predicted molar refractivity (Wildman–Crippen MR) is 87.3 cm³/mol. The van der Waals surface area contributed by atoms with Crippen LogP contribution in [0.4, 0.5) is 0 Å². The summed E-state index contributed by atoms with van der Waals surface area (Å²) in [4.78, 5) is 3.70. The van der Waals surface area contributed by atoms with E-state index in [1.165, 1.54) is 57.5 Å². The fraction of sp³-hybridized carbons (Fsp3) is 0.684. The SMILES string of the molecule is COc1ccc(C[NH+]2CC[NH+]([C@H]3C[C@H]4CC[C@@H]3C4)CC2)cc1. The standard InChI is InChI=1S/C19H28N2O/c1-22-18-6-3-15(4-7-18)14-20-8-10-21(11-9-20)19-13-16-2-5-17(19)12-16/h3-4,6-7,16-17,19H,2,5,8-14H2,1H3/p+2/t16-,17+,19-/m0/s1. The smallest absolute Gasteiger partial charge is 0.127 e. The second-order valence-electron chi connectivity index (χ2n) is 7.71. The maximum Gasteiger partial charge on any atom is 0.127 e. The summed E-state index contributed by atoms with van der Waals surface area (Å²) in [7, 11) is 1.73. The van der Waals surface area contributed by atoms with Crippen LogP contribution in [0, 0.1) is 11.8 Å². The van der Waals surface area contributed by atoms with E-state index in [1.807, 2.05) is 4.90 Å². The highest BCUT2D eigenvalue weighted by Gasteiger charge is 2.45. The molecule has 0 radical (unpaired) electrons. The van der Waals surface area contributed by atoms with Crippen LogP contribution in [0.25, 0.3) is 0 Å². The Bertz CT molecular complexity index is 493. The summed E-state index contributed by atoms with van der Waals surface area (Å²) in [5.74, 6) is 3.12. The van der Waals surface area contributed by atoms with Gasteiger partial charge >= 0.3 is 0 Å². The van der Waals surface area contributed by atoms with Crippen molar-refractivity contribution in [2.24, 2.45) is 11.8 Å². The van der Waals surface area contributed by atoms with Gasteiger partial charge in [-0.3, -0.25) is 0 Å². The number of hydrogen-bond acceptors (Lipinski definition) is 1. The van der Waals surface area contributed by atoms with Crippen LogP contribution in [-0.4, -0.2) is 39.3 Å². The molecule has 1 heterocycles. The van der Waals surface area contributed by atoms with E-state index < -0.39 is 0 Å². The number of quaternary nitrogens is 2. The lowest BCUT2D eigenvalue weighted by Crippen LogP contribution is -3.29. The number of piperazine rings is 1. The molecule has 2 saturated carbocycles. The Labute approximate surface area is 134 Å². The van der Waals surface area contributed by atoms with E-state index in [4.69, 9.17) is 4.74 Å². The molecule has 120 valence electrons. The molecule has 3 nitrogen and oxygen atoms in total. The van der Waals surface area contributed by atoms with Crippen molar-refractivity contribution in [1.82, 2.24) is 0 Å². The number of fused-ring (bicyclic) bond motifs is 2. The molecule has 2 N–H and O–H groups in total. The zero-order valence-corrected chi connectivity index (χ0v) is 13.8. The number of benzene rings is 1. The maximum absolute atomic E-state index is 5.24. The predicted octanol–water partition coefficient (Wildman–Crippen LogP) is 0.167. The molecular formula is C19H30N2O+2. The summed E-state index contributed by atoms with van der Waals surface area (Å²) in [6.07, 6.45) is 6.15. The number of ether oxygens (including phenoxy) is 1. The van der Waals surface area contributed by atoms with Crippen LogP contribution in [-0.2, 0) is 6.54 Å². The lowest BCUT2D eigenvalue weighted by molar-refractivity contribution is -1.03. The Balaban J connectivity index is 1.28. The average molecular weight is 302 g/mol. The normalized spacial score (nSPS) is 37.4. The fourth-order valence-corrected chi connectivity index (χ4v) is 5.25. The highest BCUT2D eigenvalue weighted by molar-refractivity contribution is 5.26. The van der Waals surface area contributed by atoms with Crippen molar-refractivity contribution in [3.05, 3.63) is 29.8 Å².